The largest absolute Gasteiger partial charge is 0.486 e. The zero-order valence-electron chi connectivity index (χ0n) is 17.0. The summed E-state index contributed by atoms with van der Waals surface area (Å²) in [4.78, 5) is 9.37. The van der Waals surface area contributed by atoms with Crippen molar-refractivity contribution in [3.8, 4) is 17.6 Å². The average Bonchev–Trinajstić information content (AvgIpc) is 3.22. The molecule has 2 aromatic carbocycles. The molecule has 0 N–H and O–H groups in total. The van der Waals surface area contributed by atoms with Crippen molar-refractivity contribution in [3.05, 3.63) is 48.3 Å². The number of fused-ring (bicyclic) bond motifs is 2. The molecule has 7 heteroatoms. The molecule has 1 saturated heterocycles. The van der Waals surface area contributed by atoms with Crippen LogP contribution >= 0.6 is 0 Å². The molecule has 154 valence electrons. The number of piperazine rings is 1. The van der Waals surface area contributed by atoms with Gasteiger partial charge in [0.25, 0.3) is 0 Å². The van der Waals surface area contributed by atoms with Crippen molar-refractivity contribution in [3.63, 3.8) is 0 Å². The van der Waals surface area contributed by atoms with Gasteiger partial charge in [0.2, 0.25) is 0 Å². The summed E-state index contributed by atoms with van der Waals surface area (Å²) in [6.07, 6.45) is 2.91. The molecule has 5 rings (SSSR count). The molecule has 0 amide bonds. The summed E-state index contributed by atoms with van der Waals surface area (Å²) in [5, 5.41) is 9.23. The Morgan fingerprint density at radius 1 is 0.967 bits per heavy atom. The first-order valence-corrected chi connectivity index (χ1v) is 10.5. The lowest BCUT2D eigenvalue weighted by atomic mass is 10.2. The van der Waals surface area contributed by atoms with Gasteiger partial charge in [-0.2, -0.15) is 5.26 Å². The summed E-state index contributed by atoms with van der Waals surface area (Å²) >= 11 is 0. The maximum absolute atomic E-state index is 9.23. The fourth-order valence-corrected chi connectivity index (χ4v) is 4.28. The lowest BCUT2D eigenvalue weighted by molar-refractivity contribution is 0.171. The van der Waals surface area contributed by atoms with Crippen LogP contribution in [0.25, 0.3) is 11.0 Å². The minimum absolute atomic E-state index is 0.619. The molecule has 1 fully saturated rings. The van der Waals surface area contributed by atoms with Gasteiger partial charge in [0.05, 0.1) is 17.4 Å². The molecule has 0 saturated carbocycles. The fraction of sp³-hybridized carbons (Fsp3) is 0.391. The second-order valence-electron chi connectivity index (χ2n) is 7.73. The molecule has 2 aliphatic heterocycles. The molecule has 3 aromatic rings. The Morgan fingerprint density at radius 2 is 1.80 bits per heavy atom. The Morgan fingerprint density at radius 3 is 2.63 bits per heavy atom. The Balaban J connectivity index is 1.13. The number of aryl methyl sites for hydroxylation is 1. The first-order chi connectivity index (χ1) is 14.8. The summed E-state index contributed by atoms with van der Waals surface area (Å²) in [7, 11) is 0. The van der Waals surface area contributed by atoms with Crippen molar-refractivity contribution in [2.24, 2.45) is 0 Å². The molecule has 1 aromatic heterocycles. The van der Waals surface area contributed by atoms with Gasteiger partial charge in [0, 0.05) is 44.5 Å². The van der Waals surface area contributed by atoms with Crippen LogP contribution < -0.4 is 14.4 Å². The second kappa shape index (κ2) is 8.25. The number of aromatic nitrogens is 2. The number of anilines is 1. The number of hydrogen-bond acceptors (Lipinski definition) is 6. The highest BCUT2D eigenvalue weighted by Gasteiger charge is 2.19. The quantitative estimate of drug-likeness (QED) is 0.653. The third kappa shape index (κ3) is 3.66. The lowest BCUT2D eigenvalue weighted by Gasteiger charge is -2.36. The normalized spacial score (nSPS) is 16.6. The molecule has 7 nitrogen and oxygen atoms in total. The molecule has 30 heavy (non-hydrogen) atoms. The second-order valence-corrected chi connectivity index (χ2v) is 7.73. The first-order valence-electron chi connectivity index (χ1n) is 10.5. The summed E-state index contributed by atoms with van der Waals surface area (Å²) in [6, 6.07) is 14.3. The smallest absolute Gasteiger partial charge is 0.163 e. The number of nitriles is 1. The van der Waals surface area contributed by atoms with Gasteiger partial charge in [0.1, 0.15) is 24.8 Å². The van der Waals surface area contributed by atoms with Crippen molar-refractivity contribution in [1.82, 2.24) is 14.5 Å². The third-order valence-electron chi connectivity index (χ3n) is 5.91. The van der Waals surface area contributed by atoms with Gasteiger partial charge in [-0.1, -0.05) is 6.07 Å². The number of imidazole rings is 1. The Kier molecular flexibility index (Phi) is 5.16. The van der Waals surface area contributed by atoms with Crippen molar-refractivity contribution >= 4 is 16.7 Å². The molecule has 0 spiro atoms. The van der Waals surface area contributed by atoms with Gasteiger partial charge in [-0.3, -0.25) is 4.90 Å². The van der Waals surface area contributed by atoms with Crippen LogP contribution in [0, 0.1) is 11.3 Å². The van der Waals surface area contributed by atoms with Crippen LogP contribution in [0.1, 0.15) is 12.0 Å². The zero-order chi connectivity index (χ0) is 20.3. The minimum atomic E-state index is 0.619. The van der Waals surface area contributed by atoms with E-state index in [1.165, 1.54) is 5.69 Å². The Hall–Kier alpha value is -3.24. The molecule has 0 aliphatic carbocycles. The van der Waals surface area contributed by atoms with Gasteiger partial charge in [-0.25, -0.2) is 4.98 Å². The summed E-state index contributed by atoms with van der Waals surface area (Å²) in [5.74, 6) is 1.70. The van der Waals surface area contributed by atoms with Crippen LogP contribution in [0.5, 0.6) is 11.5 Å². The Bertz CT molecular complexity index is 1080. The average molecular weight is 403 g/mol. The molecular formula is C23H25N5O2. The van der Waals surface area contributed by atoms with Gasteiger partial charge < -0.3 is 18.9 Å². The number of ether oxygens (including phenoxy) is 2. The molecule has 0 atom stereocenters. The maximum atomic E-state index is 9.23. The van der Waals surface area contributed by atoms with E-state index < -0.39 is 0 Å². The predicted molar refractivity (Wildman–Crippen MR) is 115 cm³/mol. The maximum Gasteiger partial charge on any atom is 0.163 e. The highest BCUT2D eigenvalue weighted by Crippen LogP contribution is 2.34. The summed E-state index contributed by atoms with van der Waals surface area (Å²) in [5.41, 5.74) is 3.68. The van der Waals surface area contributed by atoms with Crippen LogP contribution in [-0.2, 0) is 6.54 Å². The van der Waals surface area contributed by atoms with E-state index in [1.807, 2.05) is 30.6 Å². The highest BCUT2D eigenvalue weighted by atomic mass is 16.6. The number of benzene rings is 2. The Labute approximate surface area is 176 Å². The molecule has 0 unspecified atom stereocenters. The van der Waals surface area contributed by atoms with Crippen molar-refractivity contribution in [2.75, 3.05) is 50.8 Å². The summed E-state index contributed by atoms with van der Waals surface area (Å²) in [6.45, 7) is 7.35. The van der Waals surface area contributed by atoms with Crippen molar-refractivity contribution in [1.29, 1.82) is 5.26 Å². The van der Waals surface area contributed by atoms with Crippen LogP contribution in [-0.4, -0.2) is 60.4 Å². The van der Waals surface area contributed by atoms with Crippen molar-refractivity contribution in [2.45, 2.75) is 13.0 Å². The molecule has 0 radical (unpaired) electrons. The zero-order valence-corrected chi connectivity index (χ0v) is 17.0. The van der Waals surface area contributed by atoms with Crippen LogP contribution in [0.2, 0.25) is 0 Å². The van der Waals surface area contributed by atoms with Gasteiger partial charge >= 0.3 is 0 Å². The number of rotatable bonds is 5. The van der Waals surface area contributed by atoms with E-state index in [0.29, 0.717) is 18.8 Å². The molecule has 0 bridgehead atoms. The predicted octanol–water partition coefficient (Wildman–Crippen LogP) is 2.89. The van der Waals surface area contributed by atoms with E-state index in [2.05, 4.69) is 37.6 Å². The van der Waals surface area contributed by atoms with E-state index in [9.17, 15) is 5.26 Å². The standard InChI is InChI=1S/C23H25N5O2/c24-16-18-3-1-4-20-23(18)25-17-28(20)8-2-7-26-9-11-27(12-10-26)19-5-6-21-22(15-19)30-14-13-29-21/h1,3-6,15,17H,2,7-14H2. The van der Waals surface area contributed by atoms with E-state index >= 15 is 0 Å². The first kappa shape index (κ1) is 18.8. The SMILES string of the molecule is N#Cc1cccc2c1ncn2CCCN1CCN(c2ccc3c(c2)OCCO3)CC1. The van der Waals surface area contributed by atoms with E-state index in [0.717, 1.165) is 68.2 Å². The van der Waals surface area contributed by atoms with Gasteiger partial charge in [0.15, 0.2) is 11.5 Å². The highest BCUT2D eigenvalue weighted by molar-refractivity contribution is 5.81. The van der Waals surface area contributed by atoms with Crippen LogP contribution in [0.3, 0.4) is 0 Å². The van der Waals surface area contributed by atoms with Crippen LogP contribution in [0.15, 0.2) is 42.7 Å². The molecule has 3 heterocycles. The number of para-hydroxylation sites is 1. The van der Waals surface area contributed by atoms with Gasteiger partial charge in [-0.15, -0.1) is 0 Å². The molecule has 2 aliphatic rings. The number of nitrogens with zero attached hydrogens (tertiary/aromatic N) is 5. The number of hydrogen-bond donors (Lipinski definition) is 0. The van der Waals surface area contributed by atoms with Crippen LogP contribution in [0.4, 0.5) is 5.69 Å². The fourth-order valence-electron chi connectivity index (χ4n) is 4.28. The van der Waals surface area contributed by atoms with E-state index in [1.54, 1.807) is 0 Å². The lowest BCUT2D eigenvalue weighted by Crippen LogP contribution is -2.46. The van der Waals surface area contributed by atoms with E-state index in [4.69, 9.17) is 9.47 Å². The van der Waals surface area contributed by atoms with E-state index in [-0.39, 0.29) is 0 Å². The molecular weight excluding hydrogens is 378 g/mol. The topological polar surface area (TPSA) is 66.6 Å². The minimum Gasteiger partial charge on any atom is -0.486 e. The monoisotopic (exact) mass is 403 g/mol. The van der Waals surface area contributed by atoms with Crippen molar-refractivity contribution < 1.29 is 9.47 Å². The van der Waals surface area contributed by atoms with Gasteiger partial charge in [-0.05, 0) is 37.2 Å². The third-order valence-corrected chi connectivity index (χ3v) is 5.91. The summed E-state index contributed by atoms with van der Waals surface area (Å²) < 4.78 is 13.5.